The minimum Gasteiger partial charge on any atom is -0.366 e. The van der Waals surface area contributed by atoms with Crippen LogP contribution in [-0.2, 0) is 12.6 Å². The van der Waals surface area contributed by atoms with Crippen molar-refractivity contribution >= 4 is 12.0 Å². The Labute approximate surface area is 147 Å². The van der Waals surface area contributed by atoms with E-state index in [4.69, 9.17) is 0 Å². The molecule has 0 saturated heterocycles. The van der Waals surface area contributed by atoms with E-state index in [1.165, 1.54) is 12.1 Å². The lowest BCUT2D eigenvalue weighted by molar-refractivity contribution is -0.137. The van der Waals surface area contributed by atoms with Gasteiger partial charge in [-0.3, -0.25) is 0 Å². The summed E-state index contributed by atoms with van der Waals surface area (Å²) in [4.78, 5) is 6.46. The van der Waals surface area contributed by atoms with Gasteiger partial charge in [-0.15, -0.1) is 0 Å². The number of benzene rings is 2. The molecule has 0 atom stereocenters. The van der Waals surface area contributed by atoms with Gasteiger partial charge in [-0.05, 0) is 61.6 Å². The lowest BCUT2D eigenvalue weighted by atomic mass is 9.96. The molecule has 2 nitrogen and oxygen atoms in total. The second-order valence-electron chi connectivity index (χ2n) is 6.26. The molecule has 5 heteroatoms. The third-order valence-electron chi connectivity index (χ3n) is 4.20. The molecule has 0 aliphatic heterocycles. The lowest BCUT2D eigenvalue weighted by Gasteiger charge is -2.13. The number of rotatable bonds is 5. The highest BCUT2D eigenvalue weighted by molar-refractivity contribution is 5.64. The molecule has 0 unspecified atom stereocenters. The summed E-state index contributed by atoms with van der Waals surface area (Å²) >= 11 is 0. The van der Waals surface area contributed by atoms with Gasteiger partial charge in [0.25, 0.3) is 0 Å². The monoisotopic (exact) mass is 348 g/mol. The van der Waals surface area contributed by atoms with Crippen molar-refractivity contribution in [3.63, 3.8) is 0 Å². The topological polar surface area (TPSA) is 15.6 Å². The van der Waals surface area contributed by atoms with Gasteiger partial charge in [0.15, 0.2) is 0 Å². The lowest BCUT2D eigenvalue weighted by Crippen LogP contribution is -2.14. The van der Waals surface area contributed by atoms with E-state index < -0.39 is 11.7 Å². The second kappa shape index (κ2) is 7.72. The number of alkyl halides is 3. The minimum atomic E-state index is -4.31. The highest BCUT2D eigenvalue weighted by atomic mass is 19.4. The van der Waals surface area contributed by atoms with Crippen molar-refractivity contribution in [3.8, 4) is 0 Å². The van der Waals surface area contributed by atoms with Gasteiger partial charge in [0.2, 0.25) is 0 Å². The maximum absolute atomic E-state index is 12.9. The van der Waals surface area contributed by atoms with Gasteiger partial charge in [0.05, 0.1) is 17.6 Å². The molecular formula is C20H23F3N2. The Kier molecular flexibility index (Phi) is 5.88. The molecule has 134 valence electrons. The van der Waals surface area contributed by atoms with Crippen LogP contribution in [0.25, 0.3) is 0 Å². The Hall–Kier alpha value is -2.30. The average Bonchev–Trinajstić information content (AvgIpc) is 2.55. The Balaban J connectivity index is 2.27. The summed E-state index contributed by atoms with van der Waals surface area (Å²) in [7, 11) is 1.95. The van der Waals surface area contributed by atoms with Crippen LogP contribution in [-0.4, -0.2) is 24.8 Å². The average molecular weight is 348 g/mol. The second-order valence-corrected chi connectivity index (χ2v) is 6.26. The standard InChI is InChI=1S/C20H23F3N2/c1-5-25(4)13-24-19-10-14(2)17(9-15(19)3)11-16-7-6-8-18(12-16)20(21,22)23/h6-10,12-13H,5,11H2,1-4H3/b24-13-. The van der Waals surface area contributed by atoms with E-state index in [2.05, 4.69) is 4.99 Å². The fraction of sp³-hybridized carbons (Fsp3) is 0.350. The highest BCUT2D eigenvalue weighted by Crippen LogP contribution is 2.31. The molecule has 25 heavy (non-hydrogen) atoms. The largest absolute Gasteiger partial charge is 0.416 e. The van der Waals surface area contributed by atoms with Crippen LogP contribution in [0.2, 0.25) is 0 Å². The number of hydrogen-bond donors (Lipinski definition) is 0. The third-order valence-corrected chi connectivity index (χ3v) is 4.20. The summed E-state index contributed by atoms with van der Waals surface area (Å²) in [5.41, 5.74) is 3.97. The molecule has 0 radical (unpaired) electrons. The van der Waals surface area contributed by atoms with Crippen LogP contribution in [0.1, 0.15) is 34.7 Å². The van der Waals surface area contributed by atoms with E-state index in [1.807, 2.05) is 44.9 Å². The Morgan fingerprint density at radius 2 is 1.80 bits per heavy atom. The molecule has 0 aliphatic rings. The maximum Gasteiger partial charge on any atom is 0.416 e. The van der Waals surface area contributed by atoms with Gasteiger partial charge in [-0.1, -0.05) is 24.3 Å². The number of aliphatic imine (C=N–C) groups is 1. The molecule has 0 bridgehead atoms. The van der Waals surface area contributed by atoms with Gasteiger partial charge in [-0.25, -0.2) is 4.99 Å². The molecule has 2 aromatic carbocycles. The van der Waals surface area contributed by atoms with E-state index in [0.29, 0.717) is 12.0 Å². The zero-order chi connectivity index (χ0) is 18.6. The molecule has 2 aromatic rings. The Morgan fingerprint density at radius 1 is 1.08 bits per heavy atom. The van der Waals surface area contributed by atoms with Gasteiger partial charge in [0.1, 0.15) is 0 Å². The molecule has 0 aromatic heterocycles. The van der Waals surface area contributed by atoms with Gasteiger partial charge < -0.3 is 4.90 Å². The van der Waals surface area contributed by atoms with E-state index >= 15 is 0 Å². The van der Waals surface area contributed by atoms with E-state index in [1.54, 1.807) is 12.4 Å². The summed E-state index contributed by atoms with van der Waals surface area (Å²) in [6.45, 7) is 6.84. The third kappa shape index (κ3) is 5.08. The Bertz CT molecular complexity index is 764. The zero-order valence-corrected chi connectivity index (χ0v) is 15.0. The van der Waals surface area contributed by atoms with E-state index in [-0.39, 0.29) is 0 Å². The number of nitrogens with zero attached hydrogens (tertiary/aromatic N) is 2. The van der Waals surface area contributed by atoms with Crippen molar-refractivity contribution in [1.82, 2.24) is 4.90 Å². The van der Waals surface area contributed by atoms with Crippen LogP contribution in [0.5, 0.6) is 0 Å². The fourth-order valence-corrected chi connectivity index (χ4v) is 2.51. The van der Waals surface area contributed by atoms with E-state index in [0.717, 1.165) is 35.0 Å². The smallest absolute Gasteiger partial charge is 0.366 e. The first-order valence-electron chi connectivity index (χ1n) is 8.21. The summed E-state index contributed by atoms with van der Waals surface area (Å²) in [5, 5.41) is 0. The molecule has 0 amide bonds. The van der Waals surface area contributed by atoms with Crippen LogP contribution in [0.3, 0.4) is 0 Å². The van der Waals surface area contributed by atoms with Crippen LogP contribution < -0.4 is 0 Å². The fourth-order valence-electron chi connectivity index (χ4n) is 2.51. The molecular weight excluding hydrogens is 325 g/mol. The SMILES string of the molecule is CCN(C)/C=N\c1cc(C)c(Cc2cccc(C(F)(F)F)c2)cc1C. The van der Waals surface area contributed by atoms with Crippen molar-refractivity contribution in [2.45, 2.75) is 33.4 Å². The van der Waals surface area contributed by atoms with Crippen LogP contribution >= 0.6 is 0 Å². The molecule has 0 fully saturated rings. The predicted octanol–water partition coefficient (Wildman–Crippen LogP) is 5.52. The van der Waals surface area contributed by atoms with Crippen molar-refractivity contribution in [1.29, 1.82) is 0 Å². The molecule has 0 spiro atoms. The zero-order valence-electron chi connectivity index (χ0n) is 15.0. The van der Waals surface area contributed by atoms with Crippen LogP contribution in [0.15, 0.2) is 41.4 Å². The van der Waals surface area contributed by atoms with Crippen LogP contribution in [0.4, 0.5) is 18.9 Å². The number of hydrogen-bond acceptors (Lipinski definition) is 1. The minimum absolute atomic E-state index is 0.468. The first-order valence-corrected chi connectivity index (χ1v) is 8.21. The first-order chi connectivity index (χ1) is 11.7. The molecule has 0 heterocycles. The molecule has 2 rings (SSSR count). The molecule has 0 saturated carbocycles. The molecule has 0 aliphatic carbocycles. The predicted molar refractivity (Wildman–Crippen MR) is 96.6 cm³/mol. The van der Waals surface area contributed by atoms with Crippen molar-refractivity contribution in [3.05, 3.63) is 64.2 Å². The highest BCUT2D eigenvalue weighted by Gasteiger charge is 2.30. The first kappa shape index (κ1) is 19.0. The quantitative estimate of drug-likeness (QED) is 0.513. The number of halogens is 3. The molecule has 0 N–H and O–H groups in total. The Morgan fingerprint density at radius 3 is 2.44 bits per heavy atom. The maximum atomic E-state index is 12.9. The summed E-state index contributed by atoms with van der Waals surface area (Å²) in [6, 6.07) is 9.50. The summed E-state index contributed by atoms with van der Waals surface area (Å²) < 4.78 is 38.6. The van der Waals surface area contributed by atoms with Crippen LogP contribution in [0, 0.1) is 13.8 Å². The van der Waals surface area contributed by atoms with Gasteiger partial charge in [0, 0.05) is 13.6 Å². The van der Waals surface area contributed by atoms with Crippen molar-refractivity contribution in [2.24, 2.45) is 4.99 Å². The van der Waals surface area contributed by atoms with E-state index in [9.17, 15) is 13.2 Å². The van der Waals surface area contributed by atoms with Crippen molar-refractivity contribution in [2.75, 3.05) is 13.6 Å². The summed E-state index contributed by atoms with van der Waals surface area (Å²) in [6.07, 6.45) is -2.06. The normalized spacial score (nSPS) is 12.0. The summed E-state index contributed by atoms with van der Waals surface area (Å²) in [5.74, 6) is 0. The van der Waals surface area contributed by atoms with Gasteiger partial charge in [-0.2, -0.15) is 13.2 Å². The van der Waals surface area contributed by atoms with Gasteiger partial charge >= 0.3 is 6.18 Å². The number of aryl methyl sites for hydroxylation is 2. The van der Waals surface area contributed by atoms with Crippen molar-refractivity contribution < 1.29 is 13.2 Å².